The molecule has 172 valence electrons. The van der Waals surface area contributed by atoms with Crippen molar-refractivity contribution >= 4 is 0 Å². The number of ether oxygens (including phenoxy) is 4. The van der Waals surface area contributed by atoms with Gasteiger partial charge in [-0.25, -0.2) is 0 Å². The molecule has 3 rings (SSSR count). The van der Waals surface area contributed by atoms with Crippen molar-refractivity contribution in [2.24, 2.45) is 0 Å². The van der Waals surface area contributed by atoms with Crippen molar-refractivity contribution in [3.8, 4) is 17.4 Å². The van der Waals surface area contributed by atoms with Crippen LogP contribution in [0.5, 0.6) is 17.4 Å². The SMILES string of the molecule is COc1ccc(Cc2c(O[C@@H]3O[C@H](CO)[C@@H](O)[C@H](O)[C@H]3O)n[nH]c2C(C)C)c(OC)c1. The quantitative estimate of drug-likeness (QED) is 0.393. The van der Waals surface area contributed by atoms with E-state index in [0.29, 0.717) is 17.9 Å². The summed E-state index contributed by atoms with van der Waals surface area (Å²) in [6, 6.07) is 5.49. The Balaban J connectivity index is 1.91. The lowest BCUT2D eigenvalue weighted by atomic mass is 9.98. The summed E-state index contributed by atoms with van der Waals surface area (Å²) in [5.74, 6) is 1.58. The fraction of sp³-hybridized carbons (Fsp3) is 0.571. The maximum absolute atomic E-state index is 10.3. The first-order valence-corrected chi connectivity index (χ1v) is 10.1. The third kappa shape index (κ3) is 4.78. The minimum atomic E-state index is -1.54. The molecule has 5 atom stereocenters. The average molecular weight is 438 g/mol. The number of aromatic nitrogens is 2. The van der Waals surface area contributed by atoms with Gasteiger partial charge in [-0.15, -0.1) is 5.10 Å². The first-order valence-electron chi connectivity index (χ1n) is 10.1. The molecule has 0 spiro atoms. The molecule has 0 saturated carbocycles. The van der Waals surface area contributed by atoms with Crippen molar-refractivity contribution in [2.75, 3.05) is 20.8 Å². The molecule has 10 heteroatoms. The molecular weight excluding hydrogens is 408 g/mol. The minimum Gasteiger partial charge on any atom is -0.497 e. The van der Waals surface area contributed by atoms with Crippen LogP contribution in [0.25, 0.3) is 0 Å². The van der Waals surface area contributed by atoms with Gasteiger partial charge in [0.25, 0.3) is 0 Å². The molecule has 1 aliphatic rings. The Morgan fingerprint density at radius 1 is 1.10 bits per heavy atom. The molecule has 31 heavy (non-hydrogen) atoms. The second-order valence-electron chi connectivity index (χ2n) is 7.75. The molecule has 0 bridgehead atoms. The molecule has 2 heterocycles. The Morgan fingerprint density at radius 2 is 1.84 bits per heavy atom. The van der Waals surface area contributed by atoms with Gasteiger partial charge in [0, 0.05) is 23.7 Å². The van der Waals surface area contributed by atoms with Gasteiger partial charge in [-0.1, -0.05) is 19.9 Å². The van der Waals surface area contributed by atoms with Gasteiger partial charge >= 0.3 is 0 Å². The van der Waals surface area contributed by atoms with Gasteiger partial charge in [0.15, 0.2) is 0 Å². The van der Waals surface area contributed by atoms with Crippen LogP contribution in [0, 0.1) is 0 Å². The predicted molar refractivity (Wildman–Crippen MR) is 109 cm³/mol. The Hall–Kier alpha value is -2.37. The number of H-pyrrole nitrogens is 1. The molecule has 1 aromatic carbocycles. The highest BCUT2D eigenvalue weighted by Gasteiger charge is 2.45. The van der Waals surface area contributed by atoms with Crippen LogP contribution in [-0.2, 0) is 11.2 Å². The van der Waals surface area contributed by atoms with E-state index in [1.807, 2.05) is 26.0 Å². The normalized spacial score (nSPS) is 26.2. The van der Waals surface area contributed by atoms with Crippen molar-refractivity contribution in [3.05, 3.63) is 35.0 Å². The maximum Gasteiger partial charge on any atom is 0.238 e. The zero-order valence-corrected chi connectivity index (χ0v) is 18.0. The second-order valence-corrected chi connectivity index (χ2v) is 7.75. The number of methoxy groups -OCH3 is 2. The fourth-order valence-electron chi connectivity index (χ4n) is 3.57. The van der Waals surface area contributed by atoms with Crippen LogP contribution in [0.1, 0.15) is 36.6 Å². The van der Waals surface area contributed by atoms with Gasteiger partial charge in [0.2, 0.25) is 12.2 Å². The van der Waals surface area contributed by atoms with Crippen LogP contribution in [0.3, 0.4) is 0 Å². The summed E-state index contributed by atoms with van der Waals surface area (Å²) in [6.07, 6.45) is -6.52. The standard InChI is InChI=1S/C21H30N2O8/c1-10(2)16-13(7-11-5-6-12(28-3)8-14(11)29-4)20(23-22-16)31-21-19(27)18(26)17(25)15(9-24)30-21/h5-6,8,10,15,17-19,21,24-27H,7,9H2,1-4H3,(H,22,23)/t15-,17-,18+,19-,21+/m1/s1. The Labute approximate surface area is 180 Å². The smallest absolute Gasteiger partial charge is 0.238 e. The Kier molecular flexibility index (Phi) is 7.39. The van der Waals surface area contributed by atoms with Crippen molar-refractivity contribution in [1.82, 2.24) is 10.2 Å². The number of rotatable bonds is 8. The Morgan fingerprint density at radius 3 is 2.45 bits per heavy atom. The van der Waals surface area contributed by atoms with E-state index < -0.39 is 37.3 Å². The van der Waals surface area contributed by atoms with Gasteiger partial charge in [0.05, 0.1) is 20.8 Å². The van der Waals surface area contributed by atoms with Gasteiger partial charge < -0.3 is 39.4 Å². The highest BCUT2D eigenvalue weighted by Crippen LogP contribution is 2.34. The van der Waals surface area contributed by atoms with E-state index in [4.69, 9.17) is 18.9 Å². The topological polar surface area (TPSA) is 147 Å². The summed E-state index contributed by atoms with van der Waals surface area (Å²) in [6.45, 7) is 3.46. The van der Waals surface area contributed by atoms with Crippen LogP contribution < -0.4 is 14.2 Å². The van der Waals surface area contributed by atoms with Crippen LogP contribution in [0.4, 0.5) is 0 Å². The molecule has 0 aliphatic carbocycles. The minimum absolute atomic E-state index is 0.0962. The number of nitrogens with one attached hydrogen (secondary N) is 1. The van der Waals surface area contributed by atoms with Gasteiger partial charge in [-0.3, -0.25) is 5.10 Å². The van der Waals surface area contributed by atoms with Crippen LogP contribution >= 0.6 is 0 Å². The van der Waals surface area contributed by atoms with Crippen molar-refractivity contribution in [2.45, 2.75) is 56.9 Å². The van der Waals surface area contributed by atoms with Crippen LogP contribution in [0.2, 0.25) is 0 Å². The highest BCUT2D eigenvalue weighted by atomic mass is 16.7. The van der Waals surface area contributed by atoms with E-state index in [1.54, 1.807) is 20.3 Å². The zero-order valence-electron chi connectivity index (χ0n) is 18.0. The largest absolute Gasteiger partial charge is 0.497 e. The number of hydrogen-bond donors (Lipinski definition) is 5. The lowest BCUT2D eigenvalue weighted by molar-refractivity contribution is -0.278. The molecule has 1 fully saturated rings. The summed E-state index contributed by atoms with van der Waals surface area (Å²) in [7, 11) is 3.15. The molecule has 1 saturated heterocycles. The summed E-state index contributed by atoms with van der Waals surface area (Å²) in [5.41, 5.74) is 2.43. The second kappa shape index (κ2) is 9.84. The van der Waals surface area contributed by atoms with Crippen LogP contribution in [0.15, 0.2) is 18.2 Å². The molecule has 10 nitrogen and oxygen atoms in total. The number of aliphatic hydroxyl groups excluding tert-OH is 4. The number of nitrogens with zero attached hydrogens (tertiary/aromatic N) is 1. The molecule has 0 unspecified atom stereocenters. The molecule has 2 aromatic rings. The third-order valence-corrected chi connectivity index (χ3v) is 5.38. The van der Waals surface area contributed by atoms with Gasteiger partial charge in [-0.2, -0.15) is 0 Å². The first-order chi connectivity index (χ1) is 14.8. The maximum atomic E-state index is 10.3. The predicted octanol–water partition coefficient (Wildman–Crippen LogP) is 0.320. The number of aliphatic hydroxyl groups is 4. The van der Waals surface area contributed by atoms with Gasteiger partial charge in [-0.05, 0) is 17.5 Å². The van der Waals surface area contributed by atoms with E-state index in [1.165, 1.54) is 0 Å². The summed E-state index contributed by atoms with van der Waals surface area (Å²) >= 11 is 0. The highest BCUT2D eigenvalue weighted by molar-refractivity contribution is 5.46. The van der Waals surface area contributed by atoms with Crippen molar-refractivity contribution in [3.63, 3.8) is 0 Å². The summed E-state index contributed by atoms with van der Waals surface area (Å²) < 4.78 is 22.0. The van der Waals surface area contributed by atoms with E-state index >= 15 is 0 Å². The number of aromatic amines is 1. The molecule has 5 N–H and O–H groups in total. The average Bonchev–Trinajstić information content (AvgIpc) is 3.16. The van der Waals surface area contributed by atoms with Crippen molar-refractivity contribution in [1.29, 1.82) is 0 Å². The monoisotopic (exact) mass is 438 g/mol. The number of benzene rings is 1. The van der Waals surface area contributed by atoms with Crippen LogP contribution in [-0.4, -0.2) is 82.2 Å². The van der Waals surface area contributed by atoms with E-state index in [0.717, 1.165) is 16.8 Å². The molecule has 0 amide bonds. The van der Waals surface area contributed by atoms with E-state index in [2.05, 4.69) is 10.2 Å². The van der Waals surface area contributed by atoms with Crippen molar-refractivity contribution < 1.29 is 39.4 Å². The lowest BCUT2D eigenvalue weighted by Gasteiger charge is -2.39. The molecule has 0 radical (unpaired) electrons. The lowest BCUT2D eigenvalue weighted by Crippen LogP contribution is -2.60. The number of hydrogen-bond acceptors (Lipinski definition) is 9. The zero-order chi connectivity index (χ0) is 22.7. The van der Waals surface area contributed by atoms with Gasteiger partial charge in [0.1, 0.15) is 35.9 Å². The third-order valence-electron chi connectivity index (χ3n) is 5.38. The molecular formula is C21H30N2O8. The summed E-state index contributed by atoms with van der Waals surface area (Å²) in [5, 5.41) is 46.9. The molecule has 1 aromatic heterocycles. The Bertz CT molecular complexity index is 869. The first kappa shape index (κ1) is 23.3. The van der Waals surface area contributed by atoms with E-state index in [-0.39, 0.29) is 11.8 Å². The fourth-order valence-corrected chi connectivity index (χ4v) is 3.57. The summed E-state index contributed by atoms with van der Waals surface area (Å²) in [4.78, 5) is 0. The molecule has 1 aliphatic heterocycles. The van der Waals surface area contributed by atoms with E-state index in [9.17, 15) is 20.4 Å².